The smallest absolute Gasteiger partial charge is 0.160 e. The number of methoxy groups -OCH3 is 1. The molecule has 0 saturated carbocycles. The van der Waals surface area contributed by atoms with Gasteiger partial charge in [-0.3, -0.25) is 4.90 Å². The number of ether oxygens (including phenoxy) is 1. The Morgan fingerprint density at radius 1 is 1.14 bits per heavy atom. The number of rotatable bonds is 8. The third-order valence-corrected chi connectivity index (χ3v) is 4.17. The van der Waals surface area contributed by atoms with E-state index in [2.05, 4.69) is 39.5 Å². The van der Waals surface area contributed by atoms with Crippen molar-refractivity contribution in [1.29, 1.82) is 0 Å². The Morgan fingerprint density at radius 3 is 2.24 bits per heavy atom. The average Bonchev–Trinajstić information content (AvgIpc) is 2.46. The number of nitrogens with zero attached hydrogens (tertiary/aromatic N) is 1. The van der Waals surface area contributed by atoms with Crippen LogP contribution in [0.2, 0.25) is 0 Å². The standard InChI is InChI=1S/C18H31NO2/c1-7-16(8-2)19(12-13(3)4)14(5)15-9-10-17(20)18(11-15)21-6/h9-11,13-14,16,20H,7-8,12H2,1-6H3. The molecule has 0 bridgehead atoms. The molecule has 0 aliphatic rings. The van der Waals surface area contributed by atoms with Gasteiger partial charge < -0.3 is 9.84 Å². The summed E-state index contributed by atoms with van der Waals surface area (Å²) in [7, 11) is 1.59. The molecule has 120 valence electrons. The predicted octanol–water partition coefficient (Wildman–Crippen LogP) is 4.61. The lowest BCUT2D eigenvalue weighted by Crippen LogP contribution is -2.39. The minimum atomic E-state index is 0.200. The molecule has 1 rings (SSSR count). The fourth-order valence-corrected chi connectivity index (χ4v) is 2.95. The summed E-state index contributed by atoms with van der Waals surface area (Å²) in [5, 5.41) is 9.76. The fraction of sp³-hybridized carbons (Fsp3) is 0.667. The van der Waals surface area contributed by atoms with Gasteiger partial charge in [0.15, 0.2) is 11.5 Å². The SMILES string of the molecule is CCC(CC)N(CC(C)C)C(C)c1ccc(O)c(OC)c1. The molecule has 21 heavy (non-hydrogen) atoms. The zero-order valence-electron chi connectivity index (χ0n) is 14.4. The largest absolute Gasteiger partial charge is 0.504 e. The molecule has 0 fully saturated rings. The van der Waals surface area contributed by atoms with Gasteiger partial charge in [-0.2, -0.15) is 0 Å². The molecule has 3 heteroatoms. The molecule has 0 heterocycles. The molecule has 1 N–H and O–H groups in total. The van der Waals surface area contributed by atoms with Crippen LogP contribution in [0.25, 0.3) is 0 Å². The van der Waals surface area contributed by atoms with Gasteiger partial charge in [-0.1, -0.05) is 33.8 Å². The van der Waals surface area contributed by atoms with Crippen molar-refractivity contribution in [2.75, 3.05) is 13.7 Å². The molecule has 0 amide bonds. The van der Waals surface area contributed by atoms with Gasteiger partial charge in [0, 0.05) is 18.6 Å². The second-order valence-corrected chi connectivity index (χ2v) is 6.17. The van der Waals surface area contributed by atoms with Crippen molar-refractivity contribution in [3.05, 3.63) is 23.8 Å². The van der Waals surface area contributed by atoms with Crippen molar-refractivity contribution in [2.45, 2.75) is 59.5 Å². The van der Waals surface area contributed by atoms with Gasteiger partial charge >= 0.3 is 0 Å². The minimum absolute atomic E-state index is 0.200. The fourth-order valence-electron chi connectivity index (χ4n) is 2.95. The zero-order valence-corrected chi connectivity index (χ0v) is 14.4. The highest BCUT2D eigenvalue weighted by Crippen LogP contribution is 2.32. The number of aromatic hydroxyl groups is 1. The summed E-state index contributed by atoms with van der Waals surface area (Å²) in [6, 6.07) is 6.58. The van der Waals surface area contributed by atoms with E-state index in [1.54, 1.807) is 13.2 Å². The number of phenolic OH excluding ortho intramolecular Hbond substituents is 1. The van der Waals surface area contributed by atoms with Crippen LogP contribution >= 0.6 is 0 Å². The van der Waals surface area contributed by atoms with E-state index >= 15 is 0 Å². The minimum Gasteiger partial charge on any atom is -0.504 e. The number of benzene rings is 1. The van der Waals surface area contributed by atoms with Crippen molar-refractivity contribution in [2.24, 2.45) is 5.92 Å². The maximum atomic E-state index is 9.76. The normalized spacial score (nSPS) is 13.2. The van der Waals surface area contributed by atoms with E-state index in [-0.39, 0.29) is 5.75 Å². The van der Waals surface area contributed by atoms with Crippen LogP contribution in [0.3, 0.4) is 0 Å². The van der Waals surface area contributed by atoms with E-state index in [1.807, 2.05) is 12.1 Å². The van der Waals surface area contributed by atoms with E-state index in [9.17, 15) is 5.11 Å². The molecule has 1 aromatic carbocycles. The summed E-state index contributed by atoms with van der Waals surface area (Å²) in [6.07, 6.45) is 2.31. The lowest BCUT2D eigenvalue weighted by Gasteiger charge is -2.37. The number of hydrogen-bond donors (Lipinski definition) is 1. The van der Waals surface area contributed by atoms with Crippen molar-refractivity contribution < 1.29 is 9.84 Å². The lowest BCUT2D eigenvalue weighted by atomic mass is 10.00. The Hall–Kier alpha value is -1.22. The van der Waals surface area contributed by atoms with Crippen molar-refractivity contribution in [3.8, 4) is 11.5 Å². The zero-order chi connectivity index (χ0) is 16.0. The molecule has 0 aliphatic heterocycles. The molecule has 0 aliphatic carbocycles. The third kappa shape index (κ3) is 4.63. The predicted molar refractivity (Wildman–Crippen MR) is 89.0 cm³/mol. The highest BCUT2D eigenvalue weighted by atomic mass is 16.5. The van der Waals surface area contributed by atoms with Gasteiger partial charge in [-0.25, -0.2) is 0 Å². The van der Waals surface area contributed by atoms with Gasteiger partial charge in [-0.15, -0.1) is 0 Å². The van der Waals surface area contributed by atoms with Gasteiger partial charge in [-0.05, 0) is 43.4 Å². The van der Waals surface area contributed by atoms with Crippen LogP contribution in [0.4, 0.5) is 0 Å². The molecule has 1 unspecified atom stereocenters. The van der Waals surface area contributed by atoms with Gasteiger partial charge in [0.05, 0.1) is 7.11 Å². The Kier molecular flexibility index (Phi) is 7.03. The van der Waals surface area contributed by atoms with Crippen LogP contribution in [0.5, 0.6) is 11.5 Å². The topological polar surface area (TPSA) is 32.7 Å². The highest BCUT2D eigenvalue weighted by molar-refractivity contribution is 5.42. The first-order valence-electron chi connectivity index (χ1n) is 8.07. The molecule has 3 nitrogen and oxygen atoms in total. The molecular weight excluding hydrogens is 262 g/mol. The van der Waals surface area contributed by atoms with Crippen LogP contribution in [-0.4, -0.2) is 29.7 Å². The number of phenols is 1. The third-order valence-electron chi connectivity index (χ3n) is 4.17. The van der Waals surface area contributed by atoms with Gasteiger partial charge in [0.2, 0.25) is 0 Å². The first kappa shape index (κ1) is 17.8. The van der Waals surface area contributed by atoms with Crippen molar-refractivity contribution >= 4 is 0 Å². The van der Waals surface area contributed by atoms with Gasteiger partial charge in [0.1, 0.15) is 0 Å². The van der Waals surface area contributed by atoms with Crippen LogP contribution in [-0.2, 0) is 0 Å². The highest BCUT2D eigenvalue weighted by Gasteiger charge is 2.23. The summed E-state index contributed by atoms with van der Waals surface area (Å²) in [5.41, 5.74) is 1.19. The molecule has 1 atom stereocenters. The van der Waals surface area contributed by atoms with Crippen LogP contribution < -0.4 is 4.74 Å². The Morgan fingerprint density at radius 2 is 1.76 bits per heavy atom. The Labute approximate surface area is 129 Å². The summed E-state index contributed by atoms with van der Waals surface area (Å²) >= 11 is 0. The number of hydrogen-bond acceptors (Lipinski definition) is 3. The van der Waals surface area contributed by atoms with E-state index in [4.69, 9.17) is 4.74 Å². The first-order chi connectivity index (χ1) is 9.94. The van der Waals surface area contributed by atoms with Crippen LogP contribution in [0.1, 0.15) is 59.1 Å². The van der Waals surface area contributed by atoms with Crippen LogP contribution in [0, 0.1) is 5.92 Å². The van der Waals surface area contributed by atoms with E-state index < -0.39 is 0 Å². The van der Waals surface area contributed by atoms with Crippen LogP contribution in [0.15, 0.2) is 18.2 Å². The maximum absolute atomic E-state index is 9.76. The molecule has 0 saturated heterocycles. The first-order valence-corrected chi connectivity index (χ1v) is 8.07. The Balaban J connectivity index is 3.06. The summed E-state index contributed by atoms with van der Waals surface area (Å²) < 4.78 is 5.24. The molecule has 1 aromatic rings. The Bertz CT molecular complexity index is 427. The molecule has 0 radical (unpaired) electrons. The summed E-state index contributed by atoms with van der Waals surface area (Å²) in [4.78, 5) is 2.58. The van der Waals surface area contributed by atoms with E-state index in [0.717, 1.165) is 19.4 Å². The summed E-state index contributed by atoms with van der Waals surface area (Å²) in [5.74, 6) is 1.38. The monoisotopic (exact) mass is 293 g/mol. The second-order valence-electron chi connectivity index (χ2n) is 6.17. The van der Waals surface area contributed by atoms with E-state index in [1.165, 1.54) is 5.56 Å². The van der Waals surface area contributed by atoms with Crippen molar-refractivity contribution in [1.82, 2.24) is 4.90 Å². The molecule has 0 aromatic heterocycles. The van der Waals surface area contributed by atoms with E-state index in [0.29, 0.717) is 23.8 Å². The molecular formula is C18H31NO2. The average molecular weight is 293 g/mol. The summed E-state index contributed by atoms with van der Waals surface area (Å²) in [6.45, 7) is 12.4. The maximum Gasteiger partial charge on any atom is 0.160 e. The van der Waals surface area contributed by atoms with Crippen molar-refractivity contribution in [3.63, 3.8) is 0 Å². The quantitative estimate of drug-likeness (QED) is 0.760. The second kappa shape index (κ2) is 8.28. The molecule has 0 spiro atoms. The lowest BCUT2D eigenvalue weighted by molar-refractivity contribution is 0.118. The van der Waals surface area contributed by atoms with Gasteiger partial charge in [0.25, 0.3) is 0 Å².